The Morgan fingerprint density at radius 1 is 0.969 bits per heavy atom. The first-order valence-electron chi connectivity index (χ1n) is 9.90. The largest absolute Gasteiger partial charge is 0.305 e. The number of aromatic nitrogens is 2. The van der Waals surface area contributed by atoms with E-state index in [1.54, 1.807) is 54.7 Å². The number of rotatable bonds is 6. The van der Waals surface area contributed by atoms with Gasteiger partial charge in [0.2, 0.25) is 0 Å². The van der Waals surface area contributed by atoms with Gasteiger partial charge in [-0.05, 0) is 25.1 Å². The van der Waals surface area contributed by atoms with Crippen molar-refractivity contribution in [2.24, 2.45) is 0 Å². The first-order valence-corrected chi connectivity index (χ1v) is 10.3. The van der Waals surface area contributed by atoms with E-state index in [1.807, 2.05) is 19.1 Å². The van der Waals surface area contributed by atoms with Gasteiger partial charge in [-0.3, -0.25) is 14.3 Å². The zero-order chi connectivity index (χ0) is 22.7. The van der Waals surface area contributed by atoms with Crippen molar-refractivity contribution in [2.75, 3.05) is 5.32 Å². The van der Waals surface area contributed by atoms with Gasteiger partial charge in [-0.25, -0.2) is 4.39 Å². The van der Waals surface area contributed by atoms with Gasteiger partial charge in [-0.1, -0.05) is 65.7 Å². The van der Waals surface area contributed by atoms with E-state index in [9.17, 15) is 14.0 Å². The van der Waals surface area contributed by atoms with Crippen LogP contribution in [0.4, 0.5) is 10.2 Å². The summed E-state index contributed by atoms with van der Waals surface area (Å²) in [5, 5.41) is 7.27. The van der Waals surface area contributed by atoms with E-state index in [4.69, 9.17) is 11.6 Å². The number of amides is 1. The lowest BCUT2D eigenvalue weighted by atomic mass is 9.97. The van der Waals surface area contributed by atoms with Crippen LogP contribution < -0.4 is 5.32 Å². The van der Waals surface area contributed by atoms with Crippen LogP contribution in [0.1, 0.15) is 37.4 Å². The molecule has 5 nitrogen and oxygen atoms in total. The smallest absolute Gasteiger partial charge is 0.257 e. The molecule has 0 radical (unpaired) electrons. The van der Waals surface area contributed by atoms with Gasteiger partial charge in [-0.15, -0.1) is 0 Å². The highest BCUT2D eigenvalue weighted by molar-refractivity contribution is 6.31. The Morgan fingerprint density at radius 3 is 2.41 bits per heavy atom. The van der Waals surface area contributed by atoms with Gasteiger partial charge in [0, 0.05) is 34.0 Å². The highest BCUT2D eigenvalue weighted by atomic mass is 35.5. The highest BCUT2D eigenvalue weighted by Crippen LogP contribution is 2.21. The minimum absolute atomic E-state index is 0.115. The van der Waals surface area contributed by atoms with Crippen molar-refractivity contribution < 1.29 is 14.0 Å². The molecular formula is C25H19ClFN3O2. The number of benzene rings is 3. The van der Waals surface area contributed by atoms with Gasteiger partial charge in [0.1, 0.15) is 5.82 Å². The molecule has 1 heterocycles. The summed E-state index contributed by atoms with van der Waals surface area (Å²) in [4.78, 5) is 25.9. The molecular weight excluding hydrogens is 429 g/mol. The molecule has 0 bridgehead atoms. The molecule has 1 aromatic heterocycles. The molecule has 0 aliphatic rings. The molecule has 0 saturated carbocycles. The Morgan fingerprint density at radius 2 is 1.69 bits per heavy atom. The molecule has 0 saturated heterocycles. The van der Waals surface area contributed by atoms with Gasteiger partial charge in [0.25, 0.3) is 5.91 Å². The average Bonchev–Trinajstić information content (AvgIpc) is 3.23. The second kappa shape index (κ2) is 9.16. The van der Waals surface area contributed by atoms with Crippen LogP contribution in [0.3, 0.4) is 0 Å². The Balaban J connectivity index is 1.53. The first kappa shape index (κ1) is 21.5. The number of ketones is 1. The highest BCUT2D eigenvalue weighted by Gasteiger charge is 2.19. The fourth-order valence-corrected chi connectivity index (χ4v) is 3.51. The van der Waals surface area contributed by atoms with Crippen LogP contribution in [0, 0.1) is 12.7 Å². The normalized spacial score (nSPS) is 10.7. The zero-order valence-corrected chi connectivity index (χ0v) is 17.9. The zero-order valence-electron chi connectivity index (χ0n) is 17.2. The maximum absolute atomic E-state index is 14.0. The monoisotopic (exact) mass is 447 g/mol. The van der Waals surface area contributed by atoms with Crippen LogP contribution >= 0.6 is 11.6 Å². The van der Waals surface area contributed by atoms with Gasteiger partial charge < -0.3 is 5.32 Å². The van der Waals surface area contributed by atoms with Gasteiger partial charge in [0.05, 0.1) is 12.1 Å². The van der Waals surface area contributed by atoms with Crippen LogP contribution in [0.15, 0.2) is 79.0 Å². The van der Waals surface area contributed by atoms with Crippen molar-refractivity contribution in [3.05, 3.63) is 118 Å². The van der Waals surface area contributed by atoms with Crippen molar-refractivity contribution in [3.63, 3.8) is 0 Å². The molecule has 1 N–H and O–H groups in total. The summed E-state index contributed by atoms with van der Waals surface area (Å²) in [7, 11) is 0. The van der Waals surface area contributed by atoms with Crippen LogP contribution in [0.5, 0.6) is 0 Å². The molecule has 0 fully saturated rings. The molecule has 4 aromatic rings. The first-order chi connectivity index (χ1) is 15.4. The minimum atomic E-state index is -0.463. The van der Waals surface area contributed by atoms with Crippen LogP contribution in [0.25, 0.3) is 0 Å². The number of hydrogen-bond donors (Lipinski definition) is 1. The topological polar surface area (TPSA) is 64.0 Å². The van der Waals surface area contributed by atoms with Crippen molar-refractivity contribution in [1.82, 2.24) is 9.78 Å². The van der Waals surface area contributed by atoms with Crippen molar-refractivity contribution in [3.8, 4) is 0 Å². The van der Waals surface area contributed by atoms with Gasteiger partial charge >= 0.3 is 0 Å². The lowest BCUT2D eigenvalue weighted by Gasteiger charge is -2.09. The number of hydrogen-bond acceptors (Lipinski definition) is 3. The third-order valence-electron chi connectivity index (χ3n) is 4.99. The third kappa shape index (κ3) is 4.60. The SMILES string of the molecule is Cc1ccc(C(=O)c2ccccc2C(=O)Nc2ccn(Cc3c(F)cccc3Cl)n2)cc1. The summed E-state index contributed by atoms with van der Waals surface area (Å²) in [6, 6.07) is 19.9. The van der Waals surface area contributed by atoms with E-state index in [-0.39, 0.29) is 23.7 Å². The Kier molecular flexibility index (Phi) is 6.14. The van der Waals surface area contributed by atoms with E-state index >= 15 is 0 Å². The summed E-state index contributed by atoms with van der Waals surface area (Å²) in [5.74, 6) is -0.854. The molecule has 1 amide bonds. The number of aryl methyl sites for hydroxylation is 1. The number of halogens is 2. The molecule has 32 heavy (non-hydrogen) atoms. The van der Waals surface area contributed by atoms with Crippen LogP contribution in [0.2, 0.25) is 5.02 Å². The van der Waals surface area contributed by atoms with E-state index in [1.165, 1.54) is 16.8 Å². The van der Waals surface area contributed by atoms with E-state index in [0.717, 1.165) is 5.56 Å². The van der Waals surface area contributed by atoms with E-state index in [2.05, 4.69) is 10.4 Å². The molecule has 4 rings (SSSR count). The summed E-state index contributed by atoms with van der Waals surface area (Å²) in [6.07, 6.45) is 1.61. The lowest BCUT2D eigenvalue weighted by molar-refractivity contribution is 0.0996. The number of nitrogens with one attached hydrogen (secondary N) is 1. The van der Waals surface area contributed by atoms with E-state index in [0.29, 0.717) is 21.7 Å². The minimum Gasteiger partial charge on any atom is -0.305 e. The predicted molar refractivity (Wildman–Crippen MR) is 122 cm³/mol. The van der Waals surface area contributed by atoms with Crippen molar-refractivity contribution in [2.45, 2.75) is 13.5 Å². The van der Waals surface area contributed by atoms with Crippen LogP contribution in [-0.2, 0) is 6.54 Å². The molecule has 0 spiro atoms. The molecule has 0 aliphatic heterocycles. The number of nitrogens with zero attached hydrogens (tertiary/aromatic N) is 2. The Labute approximate surface area is 189 Å². The maximum Gasteiger partial charge on any atom is 0.257 e. The summed E-state index contributed by atoms with van der Waals surface area (Å²) in [5.41, 5.74) is 2.39. The predicted octanol–water partition coefficient (Wildman–Crippen LogP) is 5.52. The number of carbonyl (C=O) groups is 2. The maximum atomic E-state index is 14.0. The van der Waals surface area contributed by atoms with Gasteiger partial charge in [-0.2, -0.15) is 5.10 Å². The Hall–Kier alpha value is -3.77. The van der Waals surface area contributed by atoms with Gasteiger partial charge in [0.15, 0.2) is 11.6 Å². The number of carbonyl (C=O) groups excluding carboxylic acids is 2. The molecule has 0 unspecified atom stereocenters. The second-order valence-corrected chi connectivity index (χ2v) is 7.70. The fraction of sp³-hybridized carbons (Fsp3) is 0.0800. The summed E-state index contributed by atoms with van der Waals surface area (Å²) in [6.45, 7) is 2.05. The second-order valence-electron chi connectivity index (χ2n) is 7.29. The standard InChI is InChI=1S/C25H19ClFN3O2/c1-16-9-11-17(12-10-16)24(31)18-5-2-3-6-19(18)25(32)28-23-13-14-30(29-23)15-20-21(26)7-4-8-22(20)27/h2-14H,15H2,1H3,(H,28,29,32). The lowest BCUT2D eigenvalue weighted by Crippen LogP contribution is -2.17. The summed E-state index contributed by atoms with van der Waals surface area (Å²) < 4.78 is 15.5. The molecule has 160 valence electrons. The fourth-order valence-electron chi connectivity index (χ4n) is 3.29. The molecule has 7 heteroatoms. The average molecular weight is 448 g/mol. The Bertz CT molecular complexity index is 1280. The summed E-state index contributed by atoms with van der Waals surface area (Å²) >= 11 is 6.07. The quantitative estimate of drug-likeness (QED) is 0.396. The van der Waals surface area contributed by atoms with E-state index < -0.39 is 11.7 Å². The van der Waals surface area contributed by atoms with Crippen LogP contribution in [-0.4, -0.2) is 21.5 Å². The molecule has 0 atom stereocenters. The van der Waals surface area contributed by atoms with Crippen molar-refractivity contribution >= 4 is 29.1 Å². The van der Waals surface area contributed by atoms with Crippen molar-refractivity contribution in [1.29, 1.82) is 0 Å². The molecule has 3 aromatic carbocycles. The number of anilines is 1. The molecule has 0 aliphatic carbocycles. The third-order valence-corrected chi connectivity index (χ3v) is 5.35.